The molecule has 4 rings (SSSR count). The SMILES string of the molecule is O=C(NC1CCS(=O)(=O)C1)C1(Cc2ccc(-c3cccnc3)cc2F)CCOCC1. The highest BCUT2D eigenvalue weighted by Crippen LogP contribution is 2.36. The second-order valence-electron chi connectivity index (χ2n) is 8.19. The Kier molecular flexibility index (Phi) is 5.88. The van der Waals surface area contributed by atoms with Crippen LogP contribution in [0.5, 0.6) is 0 Å². The summed E-state index contributed by atoms with van der Waals surface area (Å²) in [7, 11) is -3.09. The topological polar surface area (TPSA) is 85.4 Å². The smallest absolute Gasteiger partial charge is 0.226 e. The molecule has 1 aromatic carbocycles. The van der Waals surface area contributed by atoms with Crippen molar-refractivity contribution in [1.82, 2.24) is 10.3 Å². The molecule has 2 aliphatic heterocycles. The van der Waals surface area contributed by atoms with Crippen LogP contribution in [0.25, 0.3) is 11.1 Å². The molecule has 30 heavy (non-hydrogen) atoms. The molecule has 6 nitrogen and oxygen atoms in total. The number of rotatable bonds is 5. The van der Waals surface area contributed by atoms with Crippen LogP contribution in [-0.2, 0) is 25.8 Å². The number of benzene rings is 1. The Bertz CT molecular complexity index is 1020. The van der Waals surface area contributed by atoms with Gasteiger partial charge >= 0.3 is 0 Å². The van der Waals surface area contributed by atoms with E-state index in [-0.39, 0.29) is 35.7 Å². The Hall–Kier alpha value is -2.32. The van der Waals surface area contributed by atoms with E-state index >= 15 is 0 Å². The van der Waals surface area contributed by atoms with Crippen LogP contribution in [0, 0.1) is 11.2 Å². The number of carbonyl (C=O) groups excluding carboxylic acids is 1. The molecular formula is C22H25FN2O4S. The summed E-state index contributed by atoms with van der Waals surface area (Å²) in [5, 5.41) is 2.92. The van der Waals surface area contributed by atoms with Crippen LogP contribution in [0.4, 0.5) is 4.39 Å². The Morgan fingerprint density at radius 2 is 2.03 bits per heavy atom. The Morgan fingerprint density at radius 3 is 2.67 bits per heavy atom. The minimum Gasteiger partial charge on any atom is -0.381 e. The van der Waals surface area contributed by atoms with Crippen LogP contribution < -0.4 is 5.32 Å². The summed E-state index contributed by atoms with van der Waals surface area (Å²) in [5.74, 6) is -0.500. The van der Waals surface area contributed by atoms with Crippen LogP contribution >= 0.6 is 0 Å². The van der Waals surface area contributed by atoms with E-state index in [0.717, 1.165) is 11.1 Å². The van der Waals surface area contributed by atoms with E-state index in [0.29, 0.717) is 38.0 Å². The first-order valence-electron chi connectivity index (χ1n) is 10.1. The van der Waals surface area contributed by atoms with E-state index in [2.05, 4.69) is 10.3 Å². The fourth-order valence-electron chi connectivity index (χ4n) is 4.26. The van der Waals surface area contributed by atoms with E-state index in [1.165, 1.54) is 6.07 Å². The number of hydrogen-bond acceptors (Lipinski definition) is 5. The number of sulfone groups is 1. The zero-order chi connectivity index (χ0) is 21.2. The number of aromatic nitrogens is 1. The van der Waals surface area contributed by atoms with Crippen molar-refractivity contribution < 1.29 is 22.3 Å². The molecule has 2 fully saturated rings. The molecule has 0 radical (unpaired) electrons. The molecule has 1 unspecified atom stereocenters. The first-order valence-corrected chi connectivity index (χ1v) is 12.0. The van der Waals surface area contributed by atoms with Crippen molar-refractivity contribution in [2.45, 2.75) is 31.7 Å². The monoisotopic (exact) mass is 432 g/mol. The molecule has 8 heteroatoms. The average molecular weight is 433 g/mol. The van der Waals surface area contributed by atoms with E-state index < -0.39 is 15.3 Å². The lowest BCUT2D eigenvalue weighted by atomic mass is 9.74. The summed E-state index contributed by atoms with van der Waals surface area (Å²) in [6.45, 7) is 0.845. The van der Waals surface area contributed by atoms with Crippen molar-refractivity contribution >= 4 is 15.7 Å². The first kappa shape index (κ1) is 20.9. The highest BCUT2D eigenvalue weighted by molar-refractivity contribution is 7.91. The maximum Gasteiger partial charge on any atom is 0.226 e. The van der Waals surface area contributed by atoms with Crippen LogP contribution in [0.2, 0.25) is 0 Å². The Morgan fingerprint density at radius 1 is 1.23 bits per heavy atom. The van der Waals surface area contributed by atoms with Gasteiger partial charge in [0.25, 0.3) is 0 Å². The molecule has 0 bridgehead atoms. The minimum atomic E-state index is -3.09. The zero-order valence-electron chi connectivity index (χ0n) is 16.6. The zero-order valence-corrected chi connectivity index (χ0v) is 17.5. The number of pyridine rings is 1. The molecule has 1 amide bonds. The molecule has 0 saturated carbocycles. The van der Waals surface area contributed by atoms with E-state index in [9.17, 15) is 17.6 Å². The van der Waals surface area contributed by atoms with Gasteiger partial charge in [-0.3, -0.25) is 9.78 Å². The van der Waals surface area contributed by atoms with Crippen LogP contribution in [0.3, 0.4) is 0 Å². The molecule has 1 atom stereocenters. The van der Waals surface area contributed by atoms with E-state index in [1.54, 1.807) is 24.5 Å². The van der Waals surface area contributed by atoms with Gasteiger partial charge in [-0.15, -0.1) is 0 Å². The summed E-state index contributed by atoms with van der Waals surface area (Å²) in [4.78, 5) is 17.3. The third-order valence-electron chi connectivity index (χ3n) is 6.08. The standard InChI is InChI=1S/C22H25FN2O4S/c23-20-12-16(18-2-1-8-24-14-18)3-4-17(20)13-22(6-9-29-10-7-22)21(26)25-19-5-11-30(27,28)15-19/h1-4,8,12,14,19H,5-7,9-11,13,15H2,(H,25,26). The van der Waals surface area contributed by atoms with Crippen LogP contribution in [0.15, 0.2) is 42.7 Å². The summed E-state index contributed by atoms with van der Waals surface area (Å²) < 4.78 is 43.9. The van der Waals surface area contributed by atoms with Crippen molar-refractivity contribution in [3.05, 3.63) is 54.1 Å². The summed E-state index contributed by atoms with van der Waals surface area (Å²) in [6.07, 6.45) is 4.97. The fraction of sp³-hybridized carbons (Fsp3) is 0.455. The second-order valence-corrected chi connectivity index (χ2v) is 10.4. The molecule has 1 N–H and O–H groups in total. The van der Waals surface area contributed by atoms with Gasteiger partial charge in [0.05, 0.1) is 16.9 Å². The van der Waals surface area contributed by atoms with Gasteiger partial charge in [0.15, 0.2) is 9.84 Å². The molecule has 160 valence electrons. The average Bonchev–Trinajstić information content (AvgIpc) is 3.09. The number of ether oxygens (including phenoxy) is 1. The number of nitrogens with one attached hydrogen (secondary N) is 1. The number of carbonyl (C=O) groups is 1. The van der Waals surface area contributed by atoms with Gasteiger partial charge in [0, 0.05) is 37.2 Å². The molecule has 0 aliphatic carbocycles. The predicted molar refractivity (Wildman–Crippen MR) is 111 cm³/mol. The molecule has 1 aromatic heterocycles. The number of amides is 1. The van der Waals surface area contributed by atoms with Gasteiger partial charge in [-0.05, 0) is 48.9 Å². The second kappa shape index (κ2) is 8.43. The highest BCUT2D eigenvalue weighted by atomic mass is 32.2. The lowest BCUT2D eigenvalue weighted by Crippen LogP contribution is -2.49. The van der Waals surface area contributed by atoms with Crippen LogP contribution in [-0.4, -0.2) is 50.1 Å². The quantitative estimate of drug-likeness (QED) is 0.785. The van der Waals surface area contributed by atoms with Crippen molar-refractivity contribution in [1.29, 1.82) is 0 Å². The van der Waals surface area contributed by atoms with Gasteiger partial charge in [-0.25, -0.2) is 12.8 Å². The Labute approximate surface area is 175 Å². The normalized spacial score (nSPS) is 22.5. The third-order valence-corrected chi connectivity index (χ3v) is 7.84. The lowest BCUT2D eigenvalue weighted by molar-refractivity contribution is -0.137. The maximum absolute atomic E-state index is 15.0. The minimum absolute atomic E-state index is 0.0283. The fourth-order valence-corrected chi connectivity index (χ4v) is 5.94. The van der Waals surface area contributed by atoms with E-state index in [1.807, 2.05) is 12.1 Å². The van der Waals surface area contributed by atoms with Gasteiger partial charge in [0.2, 0.25) is 5.91 Å². The largest absolute Gasteiger partial charge is 0.381 e. The number of nitrogens with zero attached hydrogens (tertiary/aromatic N) is 1. The van der Waals surface area contributed by atoms with Crippen LogP contribution in [0.1, 0.15) is 24.8 Å². The molecule has 3 heterocycles. The maximum atomic E-state index is 15.0. The highest BCUT2D eigenvalue weighted by Gasteiger charge is 2.42. The summed E-state index contributed by atoms with van der Waals surface area (Å²) in [6, 6.07) is 8.32. The molecule has 2 saturated heterocycles. The van der Waals surface area contributed by atoms with Crippen molar-refractivity contribution in [3.63, 3.8) is 0 Å². The number of halogens is 1. The van der Waals surface area contributed by atoms with Crippen molar-refractivity contribution in [2.24, 2.45) is 5.41 Å². The summed E-state index contributed by atoms with van der Waals surface area (Å²) in [5.41, 5.74) is 1.22. The molecule has 2 aliphatic rings. The van der Waals surface area contributed by atoms with Gasteiger partial charge in [-0.2, -0.15) is 0 Å². The molecule has 2 aromatic rings. The molecule has 0 spiro atoms. The third kappa shape index (κ3) is 4.54. The van der Waals surface area contributed by atoms with E-state index in [4.69, 9.17) is 4.74 Å². The summed E-state index contributed by atoms with van der Waals surface area (Å²) >= 11 is 0. The lowest BCUT2D eigenvalue weighted by Gasteiger charge is -2.36. The first-order chi connectivity index (χ1) is 14.4. The number of hydrogen-bond donors (Lipinski definition) is 1. The van der Waals surface area contributed by atoms with Gasteiger partial charge in [0.1, 0.15) is 5.82 Å². The molecular weight excluding hydrogens is 407 g/mol. The predicted octanol–water partition coefficient (Wildman–Crippen LogP) is 2.53. The van der Waals surface area contributed by atoms with Gasteiger partial charge < -0.3 is 10.1 Å². The Balaban J connectivity index is 1.55. The van der Waals surface area contributed by atoms with Crippen molar-refractivity contribution in [2.75, 3.05) is 24.7 Å². The van der Waals surface area contributed by atoms with Gasteiger partial charge in [-0.1, -0.05) is 18.2 Å². The van der Waals surface area contributed by atoms with Crippen molar-refractivity contribution in [3.8, 4) is 11.1 Å².